The third kappa shape index (κ3) is 2.14. The molecule has 0 fully saturated rings. The number of hydrogen-bond acceptors (Lipinski definition) is 0. The van der Waals surface area contributed by atoms with Gasteiger partial charge in [0.1, 0.15) is 0 Å². The molecule has 2 aliphatic carbocycles. The second-order valence-corrected chi connectivity index (χ2v) is 8.21. The van der Waals surface area contributed by atoms with Gasteiger partial charge in [0.15, 0.2) is 0 Å². The first-order valence-electron chi connectivity index (χ1n) is 10.00. The Labute approximate surface area is 156 Å². The summed E-state index contributed by atoms with van der Waals surface area (Å²) in [4.78, 5) is 0. The lowest BCUT2D eigenvalue weighted by molar-refractivity contribution is 0.453. The van der Waals surface area contributed by atoms with Gasteiger partial charge in [-0.15, -0.1) is 0 Å². The van der Waals surface area contributed by atoms with Crippen LogP contribution in [0.3, 0.4) is 0 Å². The van der Waals surface area contributed by atoms with Crippen LogP contribution < -0.4 is 0 Å². The molecule has 5 rings (SSSR count). The monoisotopic (exact) mass is 338 g/mol. The second-order valence-electron chi connectivity index (χ2n) is 8.21. The van der Waals surface area contributed by atoms with E-state index in [2.05, 4.69) is 74.5 Å². The molecule has 1 atom stereocenters. The van der Waals surface area contributed by atoms with E-state index in [1.54, 1.807) is 11.1 Å². The molecule has 1 spiro atoms. The zero-order valence-corrected chi connectivity index (χ0v) is 15.8. The summed E-state index contributed by atoms with van der Waals surface area (Å²) in [6.45, 7) is 4.52. The normalized spacial score (nSPS) is 22.7. The molecule has 0 N–H and O–H groups in total. The quantitative estimate of drug-likeness (QED) is 0.379. The third-order valence-corrected chi connectivity index (χ3v) is 6.58. The Kier molecular flexibility index (Phi) is 3.57. The molecule has 0 saturated carbocycles. The highest BCUT2D eigenvalue weighted by Crippen LogP contribution is 2.56. The van der Waals surface area contributed by atoms with E-state index < -0.39 is 0 Å². The summed E-state index contributed by atoms with van der Waals surface area (Å²) in [5.74, 6) is 0. The molecule has 3 aromatic rings. The van der Waals surface area contributed by atoms with E-state index >= 15 is 0 Å². The van der Waals surface area contributed by atoms with Crippen molar-refractivity contribution < 1.29 is 0 Å². The molecular weight excluding hydrogens is 312 g/mol. The van der Waals surface area contributed by atoms with Crippen molar-refractivity contribution in [2.24, 2.45) is 0 Å². The topological polar surface area (TPSA) is 0 Å². The van der Waals surface area contributed by atoms with E-state index in [0.29, 0.717) is 0 Å². The summed E-state index contributed by atoms with van der Waals surface area (Å²) in [6.07, 6.45) is 11.1. The Morgan fingerprint density at radius 3 is 2.54 bits per heavy atom. The molecule has 0 heterocycles. The summed E-state index contributed by atoms with van der Waals surface area (Å²) < 4.78 is 0. The SMILES string of the molecule is Cc1ccc2c(c1)C1(C/C=C\CCCC1)c1cc(C)c3ccccc3c1-2. The molecule has 0 bridgehead atoms. The van der Waals surface area contributed by atoms with Crippen LogP contribution in [0.1, 0.15) is 54.4 Å². The number of aryl methyl sites for hydroxylation is 2. The van der Waals surface area contributed by atoms with Crippen LogP contribution in [0.2, 0.25) is 0 Å². The van der Waals surface area contributed by atoms with E-state index in [0.717, 1.165) is 6.42 Å². The summed E-state index contributed by atoms with van der Waals surface area (Å²) in [6, 6.07) is 18.6. The van der Waals surface area contributed by atoms with Crippen molar-refractivity contribution in [2.75, 3.05) is 0 Å². The van der Waals surface area contributed by atoms with E-state index in [-0.39, 0.29) is 5.41 Å². The number of benzene rings is 3. The zero-order chi connectivity index (χ0) is 17.7. The van der Waals surface area contributed by atoms with Crippen molar-refractivity contribution in [3.8, 4) is 11.1 Å². The molecule has 3 aromatic carbocycles. The van der Waals surface area contributed by atoms with E-state index in [4.69, 9.17) is 0 Å². The van der Waals surface area contributed by atoms with Crippen molar-refractivity contribution in [1.82, 2.24) is 0 Å². The first-order chi connectivity index (χ1) is 12.7. The summed E-state index contributed by atoms with van der Waals surface area (Å²) in [7, 11) is 0. The fourth-order valence-electron chi connectivity index (χ4n) is 5.32. The van der Waals surface area contributed by atoms with Crippen LogP contribution in [0, 0.1) is 13.8 Å². The first kappa shape index (κ1) is 15.9. The Bertz CT molecular complexity index is 1040. The van der Waals surface area contributed by atoms with Crippen molar-refractivity contribution in [2.45, 2.75) is 51.4 Å². The standard InChI is InChI=1S/C26H26/c1-18-12-13-22-23(16-18)26(14-8-4-3-5-9-15-26)24-17-19(2)20-10-6-7-11-21(20)25(22)24/h4,6-8,10-13,16-17H,3,5,9,14-15H2,1-2H3/b8-4-. The molecule has 0 radical (unpaired) electrons. The zero-order valence-electron chi connectivity index (χ0n) is 15.8. The smallest absolute Gasteiger partial charge is 0.0250 e. The minimum Gasteiger partial charge on any atom is -0.0885 e. The number of allylic oxidation sites excluding steroid dienone is 2. The van der Waals surface area contributed by atoms with Crippen LogP contribution in [-0.4, -0.2) is 0 Å². The Balaban J connectivity index is 1.91. The van der Waals surface area contributed by atoms with Gasteiger partial charge in [-0.25, -0.2) is 0 Å². The molecule has 26 heavy (non-hydrogen) atoms. The lowest BCUT2D eigenvalue weighted by Gasteiger charge is -2.33. The molecular formula is C26H26. The maximum absolute atomic E-state index is 2.50. The average molecular weight is 338 g/mol. The molecule has 2 aliphatic rings. The van der Waals surface area contributed by atoms with Gasteiger partial charge >= 0.3 is 0 Å². The predicted octanol–water partition coefficient (Wildman–Crippen LogP) is 7.24. The van der Waals surface area contributed by atoms with Crippen LogP contribution >= 0.6 is 0 Å². The number of fused-ring (bicyclic) bond motifs is 7. The van der Waals surface area contributed by atoms with Crippen molar-refractivity contribution >= 4 is 10.8 Å². The van der Waals surface area contributed by atoms with Crippen molar-refractivity contribution in [1.29, 1.82) is 0 Å². The Morgan fingerprint density at radius 1 is 0.808 bits per heavy atom. The lowest BCUT2D eigenvalue weighted by Crippen LogP contribution is -2.25. The van der Waals surface area contributed by atoms with E-state index in [1.807, 2.05) is 0 Å². The van der Waals surface area contributed by atoms with Gasteiger partial charge in [0.05, 0.1) is 0 Å². The minimum absolute atomic E-state index is 0.155. The first-order valence-corrected chi connectivity index (χ1v) is 10.00. The van der Waals surface area contributed by atoms with Gasteiger partial charge in [0.25, 0.3) is 0 Å². The van der Waals surface area contributed by atoms with Gasteiger partial charge < -0.3 is 0 Å². The van der Waals surface area contributed by atoms with Gasteiger partial charge in [-0.2, -0.15) is 0 Å². The number of hydrogen-bond donors (Lipinski definition) is 0. The Morgan fingerprint density at radius 2 is 1.65 bits per heavy atom. The maximum atomic E-state index is 2.50. The Hall–Kier alpha value is -2.34. The van der Waals surface area contributed by atoms with Crippen LogP contribution in [0.5, 0.6) is 0 Å². The molecule has 0 aromatic heterocycles. The molecule has 130 valence electrons. The summed E-state index contributed by atoms with van der Waals surface area (Å²) in [5, 5.41) is 2.83. The van der Waals surface area contributed by atoms with Gasteiger partial charge in [0.2, 0.25) is 0 Å². The molecule has 0 amide bonds. The third-order valence-electron chi connectivity index (χ3n) is 6.58. The van der Waals surface area contributed by atoms with Crippen molar-refractivity contribution in [3.05, 3.63) is 82.9 Å². The fourth-order valence-corrected chi connectivity index (χ4v) is 5.32. The van der Waals surface area contributed by atoms with Gasteiger partial charge in [-0.05, 0) is 78.1 Å². The van der Waals surface area contributed by atoms with Gasteiger partial charge in [-0.3, -0.25) is 0 Å². The summed E-state index contributed by atoms with van der Waals surface area (Å²) in [5.41, 5.74) is 9.04. The van der Waals surface area contributed by atoms with Crippen LogP contribution in [0.15, 0.2) is 60.7 Å². The molecule has 1 unspecified atom stereocenters. The minimum atomic E-state index is 0.155. The highest BCUT2D eigenvalue weighted by molar-refractivity contribution is 6.04. The fraction of sp³-hybridized carbons (Fsp3) is 0.308. The van der Waals surface area contributed by atoms with Crippen molar-refractivity contribution in [3.63, 3.8) is 0 Å². The second kappa shape index (κ2) is 5.84. The highest BCUT2D eigenvalue weighted by Gasteiger charge is 2.43. The van der Waals surface area contributed by atoms with Gasteiger partial charge in [-0.1, -0.05) is 72.7 Å². The number of rotatable bonds is 0. The van der Waals surface area contributed by atoms with E-state index in [1.165, 1.54) is 58.7 Å². The largest absolute Gasteiger partial charge is 0.0885 e. The molecule has 0 aliphatic heterocycles. The predicted molar refractivity (Wildman–Crippen MR) is 112 cm³/mol. The summed E-state index contributed by atoms with van der Waals surface area (Å²) >= 11 is 0. The highest BCUT2D eigenvalue weighted by atomic mass is 14.5. The van der Waals surface area contributed by atoms with Gasteiger partial charge in [0, 0.05) is 5.41 Å². The molecule has 0 saturated heterocycles. The van der Waals surface area contributed by atoms with Crippen LogP contribution in [-0.2, 0) is 5.41 Å². The van der Waals surface area contributed by atoms with E-state index in [9.17, 15) is 0 Å². The lowest BCUT2D eigenvalue weighted by atomic mass is 9.70. The molecule has 0 nitrogen and oxygen atoms in total. The maximum Gasteiger partial charge on any atom is 0.0250 e. The van der Waals surface area contributed by atoms with Crippen LogP contribution in [0.4, 0.5) is 0 Å². The average Bonchev–Trinajstić information content (AvgIpc) is 2.88. The molecule has 0 heteroatoms. The van der Waals surface area contributed by atoms with Crippen LogP contribution in [0.25, 0.3) is 21.9 Å².